The molecule has 0 aliphatic carbocycles. The lowest BCUT2D eigenvalue weighted by atomic mass is 10.1. The number of piperazine rings is 1. The second kappa shape index (κ2) is 6.85. The lowest BCUT2D eigenvalue weighted by molar-refractivity contribution is 0.0524. The highest BCUT2D eigenvalue weighted by atomic mass is 19.1. The first-order chi connectivity index (χ1) is 10.1. The number of likely N-dealkylation sites (N-methyl/N-ethyl adjacent to an activating group) is 1. The molecule has 0 aromatic carbocycles. The van der Waals surface area contributed by atoms with Crippen LogP contribution in [-0.2, 0) is 0 Å². The van der Waals surface area contributed by atoms with Crippen molar-refractivity contribution in [2.75, 3.05) is 38.0 Å². The number of nitrogens with zero attached hydrogens (tertiary/aromatic N) is 3. The summed E-state index contributed by atoms with van der Waals surface area (Å²) in [4.78, 5) is 20.5. The smallest absolute Gasteiger partial charge is 0.257 e. The van der Waals surface area contributed by atoms with Crippen molar-refractivity contribution < 1.29 is 9.18 Å². The van der Waals surface area contributed by atoms with Crippen molar-refractivity contribution in [3.8, 4) is 0 Å². The van der Waals surface area contributed by atoms with Crippen molar-refractivity contribution in [2.24, 2.45) is 0 Å². The normalized spacial score (nSPS) is 19.6. The third-order valence-corrected chi connectivity index (χ3v) is 3.92. The van der Waals surface area contributed by atoms with Gasteiger partial charge in [-0.25, -0.2) is 9.37 Å². The van der Waals surface area contributed by atoms with Crippen LogP contribution >= 0.6 is 0 Å². The monoisotopic (exact) mass is 294 g/mol. The Bertz CT molecular complexity index is 508. The molecule has 1 fully saturated rings. The summed E-state index contributed by atoms with van der Waals surface area (Å²) in [5, 5.41) is 2.83. The molecule has 1 atom stereocenters. The molecule has 1 aliphatic rings. The molecule has 1 amide bonds. The summed E-state index contributed by atoms with van der Waals surface area (Å²) >= 11 is 0. The molecule has 1 aromatic rings. The highest BCUT2D eigenvalue weighted by Crippen LogP contribution is 2.19. The largest absolute Gasteiger partial charge is 0.368 e. The van der Waals surface area contributed by atoms with Crippen LogP contribution in [-0.4, -0.2) is 59.5 Å². The van der Waals surface area contributed by atoms with Crippen LogP contribution in [0.5, 0.6) is 0 Å². The molecule has 0 spiro atoms. The van der Waals surface area contributed by atoms with Crippen LogP contribution in [0.3, 0.4) is 0 Å². The minimum atomic E-state index is -0.560. The predicted molar refractivity (Wildman–Crippen MR) is 81.0 cm³/mol. The van der Waals surface area contributed by atoms with Crippen molar-refractivity contribution in [2.45, 2.75) is 26.8 Å². The van der Waals surface area contributed by atoms with Crippen LogP contribution in [0.25, 0.3) is 0 Å². The highest BCUT2D eigenvalue weighted by Gasteiger charge is 2.28. The van der Waals surface area contributed by atoms with Crippen LogP contribution in [0.1, 0.15) is 31.1 Å². The van der Waals surface area contributed by atoms with Gasteiger partial charge in [-0.2, -0.15) is 0 Å². The van der Waals surface area contributed by atoms with Gasteiger partial charge in [0.2, 0.25) is 0 Å². The number of amides is 1. The molecule has 21 heavy (non-hydrogen) atoms. The van der Waals surface area contributed by atoms with Gasteiger partial charge in [-0.1, -0.05) is 6.92 Å². The Morgan fingerprint density at radius 2 is 2.24 bits per heavy atom. The average molecular weight is 294 g/mol. The molecule has 1 N–H and O–H groups in total. The van der Waals surface area contributed by atoms with Gasteiger partial charge in [-0.05, 0) is 26.5 Å². The zero-order valence-electron chi connectivity index (χ0n) is 12.9. The van der Waals surface area contributed by atoms with E-state index in [1.165, 1.54) is 12.3 Å². The third-order valence-electron chi connectivity index (χ3n) is 3.92. The third kappa shape index (κ3) is 3.32. The van der Waals surface area contributed by atoms with E-state index in [4.69, 9.17) is 0 Å². The van der Waals surface area contributed by atoms with Gasteiger partial charge in [-0.3, -0.25) is 9.69 Å². The molecular weight excluding hydrogens is 271 g/mol. The van der Waals surface area contributed by atoms with E-state index >= 15 is 0 Å². The lowest BCUT2D eigenvalue weighted by Crippen LogP contribution is -2.53. The first kappa shape index (κ1) is 15.7. The van der Waals surface area contributed by atoms with E-state index in [-0.39, 0.29) is 17.3 Å². The maximum atomic E-state index is 14.3. The second-order valence-corrected chi connectivity index (χ2v) is 5.28. The van der Waals surface area contributed by atoms with Gasteiger partial charge < -0.3 is 10.2 Å². The molecule has 1 unspecified atom stereocenters. The molecule has 6 heteroatoms. The molecule has 1 aliphatic heterocycles. The van der Waals surface area contributed by atoms with Crippen molar-refractivity contribution in [1.82, 2.24) is 14.8 Å². The van der Waals surface area contributed by atoms with Gasteiger partial charge in [0.05, 0.1) is 5.56 Å². The maximum absolute atomic E-state index is 14.3. The molecule has 2 rings (SSSR count). The zero-order chi connectivity index (χ0) is 15.4. The number of rotatable bonds is 4. The van der Waals surface area contributed by atoms with E-state index in [9.17, 15) is 9.18 Å². The molecule has 1 saturated heterocycles. The number of aromatic nitrogens is 1. The number of carbonyl (C=O) groups is 1. The fourth-order valence-corrected chi connectivity index (χ4v) is 2.72. The molecule has 0 radical (unpaired) electrons. The first-order valence-corrected chi connectivity index (χ1v) is 7.50. The second-order valence-electron chi connectivity index (χ2n) is 5.28. The van der Waals surface area contributed by atoms with Gasteiger partial charge in [0.1, 0.15) is 0 Å². The van der Waals surface area contributed by atoms with Crippen LogP contribution < -0.4 is 5.32 Å². The molecule has 0 saturated carbocycles. The zero-order valence-corrected chi connectivity index (χ0v) is 12.9. The Morgan fingerprint density at radius 3 is 2.86 bits per heavy atom. The van der Waals surface area contributed by atoms with E-state index in [1.807, 2.05) is 6.92 Å². The van der Waals surface area contributed by atoms with Gasteiger partial charge in [0.25, 0.3) is 5.91 Å². The van der Waals surface area contributed by atoms with Crippen molar-refractivity contribution in [3.63, 3.8) is 0 Å². The van der Waals surface area contributed by atoms with Crippen LogP contribution in [0.4, 0.5) is 10.2 Å². The minimum absolute atomic E-state index is 0.0955. The number of anilines is 1. The minimum Gasteiger partial charge on any atom is -0.368 e. The summed E-state index contributed by atoms with van der Waals surface area (Å²) in [6.07, 6.45) is 1.47. The summed E-state index contributed by atoms with van der Waals surface area (Å²) in [7, 11) is 0. The maximum Gasteiger partial charge on any atom is 0.257 e. The molecule has 0 bridgehead atoms. The molecule has 2 heterocycles. The summed E-state index contributed by atoms with van der Waals surface area (Å²) in [6.45, 7) is 9.69. The summed E-state index contributed by atoms with van der Waals surface area (Å²) < 4.78 is 14.3. The quantitative estimate of drug-likeness (QED) is 0.920. The molecule has 116 valence electrons. The number of halogens is 1. The summed E-state index contributed by atoms with van der Waals surface area (Å²) in [5.41, 5.74) is 0.0955. The van der Waals surface area contributed by atoms with Crippen molar-refractivity contribution >= 4 is 11.7 Å². The molecule has 1 aromatic heterocycles. The number of hydrogen-bond acceptors (Lipinski definition) is 4. The average Bonchev–Trinajstić information content (AvgIpc) is 2.49. The fraction of sp³-hybridized carbons (Fsp3) is 0.600. The number of carbonyl (C=O) groups excluding carboxylic acids is 1. The Kier molecular flexibility index (Phi) is 5.12. The first-order valence-electron chi connectivity index (χ1n) is 7.50. The number of nitrogens with one attached hydrogen (secondary N) is 1. The fourth-order valence-electron chi connectivity index (χ4n) is 2.72. The SMILES string of the molecule is CCNc1nccc(C(=O)N2CCN(CC)C(C)C2)c1F. The van der Waals surface area contributed by atoms with Crippen molar-refractivity contribution in [3.05, 3.63) is 23.6 Å². The number of hydrogen-bond donors (Lipinski definition) is 1. The van der Waals surface area contributed by atoms with Gasteiger partial charge in [-0.15, -0.1) is 0 Å². The van der Waals surface area contributed by atoms with Crippen LogP contribution in [0.15, 0.2) is 12.3 Å². The Morgan fingerprint density at radius 1 is 1.48 bits per heavy atom. The summed E-state index contributed by atoms with van der Waals surface area (Å²) in [6, 6.07) is 1.75. The van der Waals surface area contributed by atoms with Crippen LogP contribution in [0, 0.1) is 5.82 Å². The van der Waals surface area contributed by atoms with E-state index in [1.54, 1.807) is 4.90 Å². The molecular formula is C15H23FN4O. The van der Waals surface area contributed by atoms with Gasteiger partial charge in [0.15, 0.2) is 11.6 Å². The van der Waals surface area contributed by atoms with E-state index in [0.717, 1.165) is 13.1 Å². The lowest BCUT2D eigenvalue weighted by Gasteiger charge is -2.39. The van der Waals surface area contributed by atoms with E-state index < -0.39 is 5.82 Å². The van der Waals surface area contributed by atoms with E-state index in [0.29, 0.717) is 25.7 Å². The van der Waals surface area contributed by atoms with E-state index in [2.05, 4.69) is 29.0 Å². The Balaban J connectivity index is 2.15. The highest BCUT2D eigenvalue weighted by molar-refractivity contribution is 5.95. The standard InChI is InChI=1S/C15H23FN4O/c1-4-17-14-13(16)12(6-7-18-14)15(21)20-9-8-19(5-2)11(3)10-20/h6-7,11H,4-5,8-10H2,1-3H3,(H,17,18). The predicted octanol–water partition coefficient (Wildman–Crippen LogP) is 1.82. The van der Waals surface area contributed by atoms with Gasteiger partial charge >= 0.3 is 0 Å². The van der Waals surface area contributed by atoms with Crippen LogP contribution in [0.2, 0.25) is 0 Å². The number of pyridine rings is 1. The Labute approximate surface area is 125 Å². The van der Waals surface area contributed by atoms with Crippen molar-refractivity contribution in [1.29, 1.82) is 0 Å². The topological polar surface area (TPSA) is 48.5 Å². The molecule has 5 nitrogen and oxygen atoms in total. The van der Waals surface area contributed by atoms with Gasteiger partial charge in [0, 0.05) is 38.4 Å². The Hall–Kier alpha value is -1.69. The summed E-state index contributed by atoms with van der Waals surface area (Å²) in [5.74, 6) is -0.671.